The van der Waals surface area contributed by atoms with Gasteiger partial charge in [-0.2, -0.15) is 17.4 Å². The molecule has 1 saturated heterocycles. The Balaban J connectivity index is 2.69. The van der Waals surface area contributed by atoms with Gasteiger partial charge >= 0.3 is 0 Å². The van der Waals surface area contributed by atoms with Crippen molar-refractivity contribution in [3.05, 3.63) is 0 Å². The van der Waals surface area contributed by atoms with Crippen molar-refractivity contribution in [1.82, 2.24) is 9.03 Å². The summed E-state index contributed by atoms with van der Waals surface area (Å²) in [4.78, 5) is 0. The molecule has 0 radical (unpaired) electrons. The van der Waals surface area contributed by atoms with Gasteiger partial charge in [0.1, 0.15) is 0 Å². The summed E-state index contributed by atoms with van der Waals surface area (Å²) in [7, 11) is -3.38. The van der Waals surface area contributed by atoms with Gasteiger partial charge in [-0.15, -0.1) is 0 Å². The summed E-state index contributed by atoms with van der Waals surface area (Å²) in [5, 5.41) is 8.95. The van der Waals surface area contributed by atoms with E-state index in [4.69, 9.17) is 5.11 Å². The lowest BCUT2D eigenvalue weighted by atomic mass is 9.97. The number of hydrogen-bond acceptors (Lipinski definition) is 3. The molecular weight excluding hydrogens is 228 g/mol. The van der Waals surface area contributed by atoms with Crippen LogP contribution in [-0.2, 0) is 10.2 Å². The molecule has 0 aromatic carbocycles. The first-order valence-corrected chi connectivity index (χ1v) is 7.27. The highest BCUT2D eigenvalue weighted by Gasteiger charge is 2.32. The van der Waals surface area contributed by atoms with Gasteiger partial charge in [-0.3, -0.25) is 0 Å². The topological polar surface area (TPSA) is 69.6 Å². The van der Waals surface area contributed by atoms with Gasteiger partial charge in [-0.25, -0.2) is 0 Å². The first-order chi connectivity index (χ1) is 7.43. The summed E-state index contributed by atoms with van der Waals surface area (Å²) in [5.74, 6) is 0. The summed E-state index contributed by atoms with van der Waals surface area (Å²) >= 11 is 0. The lowest BCUT2D eigenvalue weighted by molar-refractivity contribution is 0.231. The van der Waals surface area contributed by atoms with E-state index < -0.39 is 15.7 Å². The Bertz CT molecular complexity index is 312. The van der Waals surface area contributed by atoms with Gasteiger partial charge in [-0.05, 0) is 32.6 Å². The van der Waals surface area contributed by atoms with Crippen LogP contribution in [0.15, 0.2) is 0 Å². The van der Waals surface area contributed by atoms with Crippen molar-refractivity contribution in [3.8, 4) is 0 Å². The molecule has 2 N–H and O–H groups in total. The quantitative estimate of drug-likeness (QED) is 0.720. The maximum Gasteiger partial charge on any atom is 0.279 e. The zero-order valence-corrected chi connectivity index (χ0v) is 10.9. The van der Waals surface area contributed by atoms with Crippen LogP contribution in [0.4, 0.5) is 0 Å². The third-order valence-electron chi connectivity index (χ3n) is 3.22. The Hall–Kier alpha value is -0.170. The molecule has 0 aliphatic carbocycles. The van der Waals surface area contributed by atoms with Crippen molar-refractivity contribution in [2.75, 3.05) is 19.7 Å². The van der Waals surface area contributed by atoms with Crippen molar-refractivity contribution in [2.24, 2.45) is 0 Å². The molecule has 5 nitrogen and oxygen atoms in total. The van der Waals surface area contributed by atoms with E-state index in [1.807, 2.05) is 13.8 Å². The van der Waals surface area contributed by atoms with Crippen LogP contribution in [0.1, 0.15) is 39.5 Å². The average Bonchev–Trinajstić information content (AvgIpc) is 2.70. The predicted octanol–water partition coefficient (Wildman–Crippen LogP) is 0.468. The summed E-state index contributed by atoms with van der Waals surface area (Å²) in [6, 6.07) is 0. The molecule has 16 heavy (non-hydrogen) atoms. The van der Waals surface area contributed by atoms with Crippen LogP contribution in [-0.4, -0.2) is 43.1 Å². The Labute approximate surface area is 98.0 Å². The van der Waals surface area contributed by atoms with Crippen molar-refractivity contribution in [3.63, 3.8) is 0 Å². The van der Waals surface area contributed by atoms with Crippen molar-refractivity contribution in [1.29, 1.82) is 0 Å². The Morgan fingerprint density at radius 2 is 1.94 bits per heavy atom. The molecule has 1 rings (SSSR count). The van der Waals surface area contributed by atoms with Crippen molar-refractivity contribution >= 4 is 10.2 Å². The fourth-order valence-electron chi connectivity index (χ4n) is 1.85. The van der Waals surface area contributed by atoms with Gasteiger partial charge in [0.25, 0.3) is 10.2 Å². The van der Waals surface area contributed by atoms with Gasteiger partial charge in [0.15, 0.2) is 0 Å². The molecule has 0 spiro atoms. The number of hydrogen-bond donors (Lipinski definition) is 2. The zero-order chi connectivity index (χ0) is 12.2. The monoisotopic (exact) mass is 250 g/mol. The van der Waals surface area contributed by atoms with Crippen LogP contribution < -0.4 is 4.72 Å². The minimum absolute atomic E-state index is 0.00708. The molecule has 96 valence electrons. The highest BCUT2D eigenvalue weighted by atomic mass is 32.2. The van der Waals surface area contributed by atoms with E-state index in [0.29, 0.717) is 25.9 Å². The van der Waals surface area contributed by atoms with Crippen molar-refractivity contribution < 1.29 is 13.5 Å². The number of rotatable bonds is 6. The summed E-state index contributed by atoms with van der Waals surface area (Å²) in [5.41, 5.74) is -0.545. The Kier molecular flexibility index (Phi) is 4.73. The van der Waals surface area contributed by atoms with Crippen molar-refractivity contribution in [2.45, 2.75) is 45.1 Å². The third-order valence-corrected chi connectivity index (χ3v) is 5.02. The predicted molar refractivity (Wildman–Crippen MR) is 63.3 cm³/mol. The Morgan fingerprint density at radius 1 is 1.38 bits per heavy atom. The molecule has 1 atom stereocenters. The van der Waals surface area contributed by atoms with E-state index in [0.717, 1.165) is 12.8 Å². The number of nitrogens with one attached hydrogen (secondary N) is 1. The Morgan fingerprint density at radius 3 is 2.38 bits per heavy atom. The van der Waals surface area contributed by atoms with E-state index in [9.17, 15) is 8.42 Å². The fraction of sp³-hybridized carbons (Fsp3) is 1.00. The molecular formula is C10H22N2O3S. The molecule has 1 aliphatic heterocycles. The standard InChI is InChI=1S/C10H22N2O3S/c1-3-10(2,6-9-13)11-16(14,15)12-7-4-5-8-12/h11,13H,3-9H2,1-2H3. The van der Waals surface area contributed by atoms with Gasteiger partial charge in [0, 0.05) is 25.2 Å². The SMILES string of the molecule is CCC(C)(CCO)NS(=O)(=O)N1CCCC1. The summed E-state index contributed by atoms with van der Waals surface area (Å²) < 4.78 is 28.2. The second kappa shape index (κ2) is 5.44. The molecule has 1 heterocycles. The van der Waals surface area contributed by atoms with Crippen LogP contribution in [0.25, 0.3) is 0 Å². The van der Waals surface area contributed by atoms with Crippen LogP contribution in [0, 0.1) is 0 Å². The normalized spacial score (nSPS) is 22.2. The van der Waals surface area contributed by atoms with Gasteiger partial charge in [0.2, 0.25) is 0 Å². The second-order valence-electron chi connectivity index (χ2n) is 4.60. The molecule has 0 aromatic rings. The first kappa shape index (κ1) is 13.9. The molecule has 6 heteroatoms. The molecule has 1 unspecified atom stereocenters. The summed E-state index contributed by atoms with van der Waals surface area (Å²) in [6.07, 6.45) is 2.98. The van der Waals surface area contributed by atoms with E-state index in [1.165, 1.54) is 4.31 Å². The number of aliphatic hydroxyl groups is 1. The average molecular weight is 250 g/mol. The third kappa shape index (κ3) is 3.41. The molecule has 0 aromatic heterocycles. The second-order valence-corrected chi connectivity index (χ2v) is 6.27. The van der Waals surface area contributed by atoms with Crippen LogP contribution >= 0.6 is 0 Å². The molecule has 1 aliphatic rings. The van der Waals surface area contributed by atoms with E-state index >= 15 is 0 Å². The van der Waals surface area contributed by atoms with Crippen LogP contribution in [0.5, 0.6) is 0 Å². The first-order valence-electron chi connectivity index (χ1n) is 5.83. The minimum Gasteiger partial charge on any atom is -0.396 e. The molecule has 1 fully saturated rings. The van der Waals surface area contributed by atoms with Gasteiger partial charge < -0.3 is 5.11 Å². The minimum atomic E-state index is -3.38. The smallest absolute Gasteiger partial charge is 0.279 e. The largest absolute Gasteiger partial charge is 0.396 e. The number of nitrogens with zero attached hydrogens (tertiary/aromatic N) is 1. The zero-order valence-electron chi connectivity index (χ0n) is 10.1. The van der Waals surface area contributed by atoms with Gasteiger partial charge in [-0.1, -0.05) is 6.92 Å². The molecule has 0 bridgehead atoms. The van der Waals surface area contributed by atoms with E-state index in [1.54, 1.807) is 0 Å². The fourth-order valence-corrected chi connectivity index (χ4v) is 3.59. The van der Waals surface area contributed by atoms with Crippen LogP contribution in [0.3, 0.4) is 0 Å². The lowest BCUT2D eigenvalue weighted by Gasteiger charge is -2.30. The highest BCUT2D eigenvalue weighted by molar-refractivity contribution is 7.87. The lowest BCUT2D eigenvalue weighted by Crippen LogP contribution is -2.51. The maximum absolute atomic E-state index is 12.0. The van der Waals surface area contributed by atoms with E-state index in [2.05, 4.69) is 4.72 Å². The highest BCUT2D eigenvalue weighted by Crippen LogP contribution is 2.19. The molecule has 0 saturated carbocycles. The van der Waals surface area contributed by atoms with Crippen LogP contribution in [0.2, 0.25) is 0 Å². The number of aliphatic hydroxyl groups excluding tert-OH is 1. The molecule has 0 amide bonds. The summed E-state index contributed by atoms with van der Waals surface area (Å²) in [6.45, 7) is 4.95. The van der Waals surface area contributed by atoms with E-state index in [-0.39, 0.29) is 6.61 Å². The van der Waals surface area contributed by atoms with Gasteiger partial charge in [0.05, 0.1) is 0 Å². The maximum atomic E-state index is 12.0.